The van der Waals surface area contributed by atoms with Crippen LogP contribution in [0.2, 0.25) is 0 Å². The van der Waals surface area contributed by atoms with Crippen molar-refractivity contribution in [3.63, 3.8) is 0 Å². The van der Waals surface area contributed by atoms with Gasteiger partial charge in [0.15, 0.2) is 0 Å². The van der Waals surface area contributed by atoms with Crippen LogP contribution in [0, 0.1) is 0 Å². The number of hydrogen-bond donors (Lipinski definition) is 1. The van der Waals surface area contributed by atoms with Gasteiger partial charge in [0.05, 0.1) is 0 Å². The van der Waals surface area contributed by atoms with Crippen molar-refractivity contribution in [2.24, 2.45) is 5.73 Å². The van der Waals surface area contributed by atoms with Gasteiger partial charge in [-0.3, -0.25) is 0 Å². The zero-order valence-corrected chi connectivity index (χ0v) is 13.0. The van der Waals surface area contributed by atoms with Gasteiger partial charge < -0.3 is 15.5 Å². The second kappa shape index (κ2) is 7.04. The predicted molar refractivity (Wildman–Crippen MR) is 85.1 cm³/mol. The number of hydrogen-bond acceptors (Lipinski definition) is 4. The summed E-state index contributed by atoms with van der Waals surface area (Å²) in [5.41, 5.74) is 7.23. The van der Waals surface area contributed by atoms with Gasteiger partial charge in [-0.05, 0) is 57.5 Å². The van der Waals surface area contributed by atoms with Gasteiger partial charge in [0.25, 0.3) is 0 Å². The van der Waals surface area contributed by atoms with Crippen molar-refractivity contribution in [2.75, 3.05) is 32.1 Å². The Hall–Kier alpha value is -1.13. The van der Waals surface area contributed by atoms with Gasteiger partial charge in [0.2, 0.25) is 0 Å². The SMILES string of the molecule is CCC(N)Cc1ccc(N(C)C2CCN(C)CC2)nc1. The Bertz CT molecular complexity index is 395. The van der Waals surface area contributed by atoms with Crippen molar-refractivity contribution in [1.82, 2.24) is 9.88 Å². The average molecular weight is 276 g/mol. The van der Waals surface area contributed by atoms with E-state index in [4.69, 9.17) is 5.73 Å². The topological polar surface area (TPSA) is 45.4 Å². The smallest absolute Gasteiger partial charge is 0.128 e. The molecule has 0 amide bonds. The van der Waals surface area contributed by atoms with Crippen molar-refractivity contribution in [2.45, 2.75) is 44.7 Å². The first kappa shape index (κ1) is 15.3. The number of aromatic nitrogens is 1. The predicted octanol–water partition coefficient (Wildman–Crippen LogP) is 1.89. The summed E-state index contributed by atoms with van der Waals surface area (Å²) in [5, 5.41) is 0. The summed E-state index contributed by atoms with van der Waals surface area (Å²) in [7, 11) is 4.36. The molecule has 0 spiro atoms. The third kappa shape index (κ3) is 3.93. The molecule has 112 valence electrons. The largest absolute Gasteiger partial charge is 0.357 e. The van der Waals surface area contributed by atoms with Crippen LogP contribution in [0.4, 0.5) is 5.82 Å². The number of piperidine rings is 1. The molecule has 1 aliphatic heterocycles. The number of pyridine rings is 1. The lowest BCUT2D eigenvalue weighted by Gasteiger charge is -2.35. The quantitative estimate of drug-likeness (QED) is 0.892. The van der Waals surface area contributed by atoms with E-state index in [1.54, 1.807) is 0 Å². The van der Waals surface area contributed by atoms with Gasteiger partial charge in [-0.25, -0.2) is 4.98 Å². The Morgan fingerprint density at radius 2 is 2.10 bits per heavy atom. The first-order valence-corrected chi connectivity index (χ1v) is 7.72. The normalized spacial score (nSPS) is 19.0. The molecular formula is C16H28N4. The highest BCUT2D eigenvalue weighted by Gasteiger charge is 2.21. The lowest BCUT2D eigenvalue weighted by molar-refractivity contribution is 0.252. The summed E-state index contributed by atoms with van der Waals surface area (Å²) in [5.74, 6) is 1.08. The molecule has 1 aromatic rings. The highest BCUT2D eigenvalue weighted by molar-refractivity contribution is 5.39. The molecule has 1 unspecified atom stereocenters. The van der Waals surface area contributed by atoms with E-state index in [1.165, 1.54) is 31.5 Å². The maximum atomic E-state index is 5.99. The molecule has 4 nitrogen and oxygen atoms in total. The third-order valence-corrected chi connectivity index (χ3v) is 4.43. The van der Waals surface area contributed by atoms with Gasteiger partial charge in [-0.1, -0.05) is 13.0 Å². The Morgan fingerprint density at radius 1 is 1.40 bits per heavy atom. The molecule has 0 saturated carbocycles. The molecule has 0 aromatic carbocycles. The van der Waals surface area contributed by atoms with Crippen LogP contribution in [0.15, 0.2) is 18.3 Å². The van der Waals surface area contributed by atoms with E-state index in [-0.39, 0.29) is 6.04 Å². The lowest BCUT2D eigenvalue weighted by Crippen LogP contribution is -2.42. The average Bonchev–Trinajstić information content (AvgIpc) is 2.48. The molecule has 2 rings (SSSR count). The molecule has 0 aliphatic carbocycles. The maximum Gasteiger partial charge on any atom is 0.128 e. The number of rotatable bonds is 5. The number of likely N-dealkylation sites (tertiary alicyclic amines) is 1. The molecule has 20 heavy (non-hydrogen) atoms. The summed E-state index contributed by atoms with van der Waals surface area (Å²) in [6, 6.07) is 5.16. The molecule has 1 aromatic heterocycles. The van der Waals surface area contributed by atoms with Gasteiger partial charge in [0.1, 0.15) is 5.82 Å². The Labute approximate surface area is 123 Å². The lowest BCUT2D eigenvalue weighted by atomic mass is 10.0. The summed E-state index contributed by atoms with van der Waals surface area (Å²) < 4.78 is 0. The van der Waals surface area contributed by atoms with Crippen LogP contribution < -0.4 is 10.6 Å². The second-order valence-corrected chi connectivity index (χ2v) is 6.04. The van der Waals surface area contributed by atoms with Crippen LogP contribution >= 0.6 is 0 Å². The molecule has 0 radical (unpaired) electrons. The van der Waals surface area contributed by atoms with Gasteiger partial charge in [0, 0.05) is 25.3 Å². The molecule has 1 fully saturated rings. The van der Waals surface area contributed by atoms with Crippen molar-refractivity contribution in [3.05, 3.63) is 23.9 Å². The van der Waals surface area contributed by atoms with Crippen LogP contribution in [-0.4, -0.2) is 49.2 Å². The van der Waals surface area contributed by atoms with Crippen LogP contribution in [0.1, 0.15) is 31.7 Å². The van der Waals surface area contributed by atoms with Gasteiger partial charge in [-0.2, -0.15) is 0 Å². The van der Waals surface area contributed by atoms with E-state index in [0.717, 1.165) is 18.7 Å². The molecule has 0 bridgehead atoms. The molecule has 4 heteroatoms. The summed E-state index contributed by atoms with van der Waals surface area (Å²) in [6.07, 6.45) is 6.35. The first-order valence-electron chi connectivity index (χ1n) is 7.72. The van der Waals surface area contributed by atoms with E-state index in [1.807, 2.05) is 6.20 Å². The molecule has 1 atom stereocenters. The fraction of sp³-hybridized carbons (Fsp3) is 0.688. The highest BCUT2D eigenvalue weighted by Crippen LogP contribution is 2.20. The van der Waals surface area contributed by atoms with Crippen LogP contribution in [0.25, 0.3) is 0 Å². The van der Waals surface area contributed by atoms with Crippen LogP contribution in [0.5, 0.6) is 0 Å². The first-order chi connectivity index (χ1) is 9.60. The monoisotopic (exact) mass is 276 g/mol. The summed E-state index contributed by atoms with van der Waals surface area (Å²) >= 11 is 0. The maximum absolute atomic E-state index is 5.99. The van der Waals surface area contributed by atoms with Crippen LogP contribution in [-0.2, 0) is 6.42 Å². The summed E-state index contributed by atoms with van der Waals surface area (Å²) in [4.78, 5) is 9.34. The molecule has 2 heterocycles. The number of nitrogens with zero attached hydrogens (tertiary/aromatic N) is 3. The van der Waals surface area contributed by atoms with Crippen molar-refractivity contribution in [1.29, 1.82) is 0 Å². The van der Waals surface area contributed by atoms with Crippen molar-refractivity contribution < 1.29 is 0 Å². The van der Waals surface area contributed by atoms with E-state index in [0.29, 0.717) is 6.04 Å². The van der Waals surface area contributed by atoms with Gasteiger partial charge in [-0.15, -0.1) is 0 Å². The zero-order valence-electron chi connectivity index (χ0n) is 13.0. The summed E-state index contributed by atoms with van der Waals surface area (Å²) in [6.45, 7) is 4.48. The minimum atomic E-state index is 0.245. The minimum absolute atomic E-state index is 0.245. The molecule has 1 saturated heterocycles. The van der Waals surface area contributed by atoms with Crippen molar-refractivity contribution in [3.8, 4) is 0 Å². The van der Waals surface area contributed by atoms with Crippen molar-refractivity contribution >= 4 is 5.82 Å². The van der Waals surface area contributed by atoms with E-state index in [9.17, 15) is 0 Å². The van der Waals surface area contributed by atoms with E-state index < -0.39 is 0 Å². The Balaban J connectivity index is 1.95. The molecule has 2 N–H and O–H groups in total. The number of anilines is 1. The highest BCUT2D eigenvalue weighted by atomic mass is 15.2. The molecule has 1 aliphatic rings. The zero-order chi connectivity index (χ0) is 14.5. The fourth-order valence-electron chi connectivity index (χ4n) is 2.76. The van der Waals surface area contributed by atoms with Gasteiger partial charge >= 0.3 is 0 Å². The minimum Gasteiger partial charge on any atom is -0.357 e. The third-order valence-electron chi connectivity index (χ3n) is 4.43. The van der Waals surface area contributed by atoms with E-state index >= 15 is 0 Å². The number of nitrogens with two attached hydrogens (primary N) is 1. The van der Waals surface area contributed by atoms with Crippen LogP contribution in [0.3, 0.4) is 0 Å². The molecular weight excluding hydrogens is 248 g/mol. The Kier molecular flexibility index (Phi) is 5.38. The second-order valence-electron chi connectivity index (χ2n) is 6.04. The standard InChI is InChI=1S/C16H28N4/c1-4-14(17)11-13-5-6-16(18-12-13)20(3)15-7-9-19(2)10-8-15/h5-6,12,14-15H,4,7-11,17H2,1-3H3. The Morgan fingerprint density at radius 3 is 2.65 bits per heavy atom. The van der Waals surface area contributed by atoms with E-state index in [2.05, 4.69) is 47.9 Å². The fourth-order valence-corrected chi connectivity index (χ4v) is 2.76.